The van der Waals surface area contributed by atoms with Crippen molar-refractivity contribution in [3.8, 4) is 17.2 Å². The van der Waals surface area contributed by atoms with Gasteiger partial charge in [0.1, 0.15) is 19.0 Å². The molecule has 5 aromatic carbocycles. The highest BCUT2D eigenvalue weighted by molar-refractivity contribution is 6.10. The summed E-state index contributed by atoms with van der Waals surface area (Å²) in [5.74, 6) is 1.79. The van der Waals surface area contributed by atoms with Crippen LogP contribution in [0.3, 0.4) is 0 Å². The van der Waals surface area contributed by atoms with Crippen LogP contribution in [-0.2, 0) is 43.7 Å². The van der Waals surface area contributed by atoms with Crippen LogP contribution in [0.2, 0.25) is 0 Å². The zero-order chi connectivity index (χ0) is 39.9. The van der Waals surface area contributed by atoms with Gasteiger partial charge in [-0.2, -0.15) is 0 Å². The second kappa shape index (κ2) is 15.7. The van der Waals surface area contributed by atoms with Crippen LogP contribution in [0.15, 0.2) is 91.0 Å². The number of carbonyl (C=O) groups excluding carboxylic acids is 3. The highest BCUT2D eigenvalue weighted by atomic mass is 16.5. The maximum atomic E-state index is 14.0. The Bertz CT molecular complexity index is 2440. The minimum Gasteiger partial charge on any atom is -0.493 e. The summed E-state index contributed by atoms with van der Waals surface area (Å²) >= 11 is 0. The molecule has 0 radical (unpaired) electrons. The second-order valence-corrected chi connectivity index (χ2v) is 16.1. The SMILES string of the molecule is CCCCC(=O)Nc1cc(COc2cc3c(cc2C)C(=O)N2c4ccccc4C[C@H]2CC3)cc(COc2cc3c(cc2OC)C(=O)N2c4ccccc4C[C@H]2CC3)c1. The van der Waals surface area contributed by atoms with Crippen molar-refractivity contribution >= 4 is 34.8 Å². The molecule has 0 spiro atoms. The Labute approximate surface area is 339 Å². The Morgan fingerprint density at radius 3 is 1.83 bits per heavy atom. The summed E-state index contributed by atoms with van der Waals surface area (Å²) in [6, 6.07) is 30.4. The molecule has 4 aliphatic heterocycles. The lowest BCUT2D eigenvalue weighted by Gasteiger charge is -2.23. The minimum absolute atomic E-state index is 0.00844. The molecule has 2 atom stereocenters. The van der Waals surface area contributed by atoms with Gasteiger partial charge in [0, 0.05) is 46.7 Å². The fourth-order valence-electron chi connectivity index (χ4n) is 9.29. The predicted molar refractivity (Wildman–Crippen MR) is 226 cm³/mol. The molecule has 4 heterocycles. The number of nitrogens with one attached hydrogen (secondary N) is 1. The lowest BCUT2D eigenvalue weighted by atomic mass is 9.98. The van der Waals surface area contributed by atoms with Gasteiger partial charge in [-0.15, -0.1) is 0 Å². The van der Waals surface area contributed by atoms with Crippen LogP contribution in [0.25, 0.3) is 0 Å². The van der Waals surface area contributed by atoms with Crippen molar-refractivity contribution in [3.63, 3.8) is 0 Å². The topological polar surface area (TPSA) is 97.4 Å². The first-order valence-corrected chi connectivity index (χ1v) is 20.6. The van der Waals surface area contributed by atoms with Crippen LogP contribution >= 0.6 is 0 Å². The van der Waals surface area contributed by atoms with Gasteiger partial charge >= 0.3 is 0 Å². The Kier molecular flexibility index (Phi) is 10.1. The summed E-state index contributed by atoms with van der Waals surface area (Å²) in [6.45, 7) is 4.51. The van der Waals surface area contributed by atoms with Gasteiger partial charge in [-0.25, -0.2) is 0 Å². The summed E-state index contributed by atoms with van der Waals surface area (Å²) in [6.07, 6.45) is 7.20. The van der Waals surface area contributed by atoms with Gasteiger partial charge in [0.15, 0.2) is 11.5 Å². The van der Waals surface area contributed by atoms with E-state index in [1.54, 1.807) is 7.11 Å². The number of hydrogen-bond acceptors (Lipinski definition) is 6. The number of rotatable bonds is 11. The first kappa shape index (κ1) is 37.5. The minimum atomic E-state index is -0.0404. The second-order valence-electron chi connectivity index (χ2n) is 16.1. The fraction of sp³-hybridized carbons (Fsp3) is 0.327. The molecule has 296 valence electrons. The van der Waals surface area contributed by atoms with E-state index in [2.05, 4.69) is 30.4 Å². The van der Waals surface area contributed by atoms with Gasteiger partial charge in [-0.1, -0.05) is 49.7 Å². The van der Waals surface area contributed by atoms with E-state index in [1.807, 2.05) is 89.5 Å². The number of aryl methyl sites for hydroxylation is 3. The molecule has 0 fully saturated rings. The van der Waals surface area contributed by atoms with E-state index in [1.165, 1.54) is 11.1 Å². The number of ether oxygens (including phenoxy) is 3. The van der Waals surface area contributed by atoms with Crippen molar-refractivity contribution in [3.05, 3.63) is 141 Å². The predicted octanol–water partition coefficient (Wildman–Crippen LogP) is 9.33. The molecule has 0 saturated carbocycles. The summed E-state index contributed by atoms with van der Waals surface area (Å²) in [5, 5.41) is 3.09. The van der Waals surface area contributed by atoms with Gasteiger partial charge in [-0.05, 0) is 145 Å². The van der Waals surface area contributed by atoms with Crippen molar-refractivity contribution in [1.82, 2.24) is 0 Å². The van der Waals surface area contributed by atoms with Gasteiger partial charge in [0.05, 0.1) is 7.11 Å². The van der Waals surface area contributed by atoms with E-state index in [4.69, 9.17) is 14.2 Å². The molecule has 9 heteroatoms. The third-order valence-electron chi connectivity index (χ3n) is 12.2. The zero-order valence-electron chi connectivity index (χ0n) is 33.4. The van der Waals surface area contributed by atoms with Gasteiger partial charge < -0.3 is 29.3 Å². The zero-order valence-corrected chi connectivity index (χ0v) is 33.4. The number of nitrogens with zero attached hydrogens (tertiary/aromatic N) is 2. The molecular weight excluding hydrogens is 727 g/mol. The van der Waals surface area contributed by atoms with Crippen LogP contribution < -0.4 is 29.3 Å². The molecule has 9 rings (SSSR count). The Balaban J connectivity index is 0.948. The molecule has 58 heavy (non-hydrogen) atoms. The Morgan fingerprint density at radius 2 is 1.24 bits per heavy atom. The van der Waals surface area contributed by atoms with Crippen molar-refractivity contribution in [2.24, 2.45) is 0 Å². The third kappa shape index (κ3) is 7.07. The molecule has 0 unspecified atom stereocenters. The summed E-state index contributed by atoms with van der Waals surface area (Å²) in [4.78, 5) is 44.8. The van der Waals surface area contributed by atoms with E-state index in [-0.39, 0.29) is 43.0 Å². The smallest absolute Gasteiger partial charge is 0.258 e. The van der Waals surface area contributed by atoms with Crippen molar-refractivity contribution in [1.29, 1.82) is 0 Å². The average molecular weight is 776 g/mol. The van der Waals surface area contributed by atoms with Crippen molar-refractivity contribution in [2.45, 2.75) is 96.9 Å². The van der Waals surface area contributed by atoms with Crippen LogP contribution in [0.5, 0.6) is 17.2 Å². The third-order valence-corrected chi connectivity index (χ3v) is 12.2. The Morgan fingerprint density at radius 1 is 0.690 bits per heavy atom. The van der Waals surface area contributed by atoms with E-state index in [0.717, 1.165) is 102 Å². The molecule has 9 nitrogen and oxygen atoms in total. The van der Waals surface area contributed by atoms with Crippen molar-refractivity contribution < 1.29 is 28.6 Å². The number of carbonyl (C=O) groups is 3. The molecule has 0 aliphatic carbocycles. The molecule has 0 bridgehead atoms. The van der Waals surface area contributed by atoms with E-state index in [9.17, 15) is 14.4 Å². The summed E-state index contributed by atoms with van der Waals surface area (Å²) in [5.41, 5.74) is 11.1. The van der Waals surface area contributed by atoms with Gasteiger partial charge in [0.25, 0.3) is 11.8 Å². The van der Waals surface area contributed by atoms with Gasteiger partial charge in [0.2, 0.25) is 5.91 Å². The largest absolute Gasteiger partial charge is 0.493 e. The number of fused-ring (bicyclic) bond motifs is 8. The quantitative estimate of drug-likeness (QED) is 0.144. The number of benzene rings is 5. The standard InChI is InChI=1S/C49H49N3O6/c1-4-5-14-47(53)50-37-21-31(28-57-44-25-33-15-17-38-23-35-10-6-8-12-42(35)51(38)48(54)40(33)19-30(44)2)20-32(22-37)29-58-46-26-34-16-18-39-24-36-11-7-9-13-43(36)52(39)49(55)41(34)27-45(46)56-3/h6-13,19-22,25-27,38-39H,4-5,14-18,23-24,28-29H2,1-3H3,(H,50,53)/t38-,39-/m1/s1. The number of amides is 3. The maximum absolute atomic E-state index is 14.0. The van der Waals surface area contributed by atoms with Crippen LogP contribution in [-0.4, -0.2) is 36.9 Å². The average Bonchev–Trinajstić information content (AvgIpc) is 3.72. The molecule has 4 aliphatic rings. The van der Waals surface area contributed by atoms with Crippen LogP contribution in [0.4, 0.5) is 17.1 Å². The molecule has 5 aromatic rings. The number of para-hydroxylation sites is 2. The number of methoxy groups -OCH3 is 1. The highest BCUT2D eigenvalue weighted by Gasteiger charge is 2.39. The lowest BCUT2D eigenvalue weighted by Crippen LogP contribution is -2.36. The maximum Gasteiger partial charge on any atom is 0.258 e. The molecule has 0 aromatic heterocycles. The fourth-order valence-corrected chi connectivity index (χ4v) is 9.29. The van der Waals surface area contributed by atoms with E-state index < -0.39 is 0 Å². The number of anilines is 3. The number of unbranched alkanes of at least 4 members (excludes halogenated alkanes) is 1. The number of hydrogen-bond donors (Lipinski definition) is 1. The monoisotopic (exact) mass is 775 g/mol. The molecule has 1 N–H and O–H groups in total. The van der Waals surface area contributed by atoms with Crippen LogP contribution in [0.1, 0.15) is 98.7 Å². The molecule has 0 saturated heterocycles. The lowest BCUT2D eigenvalue weighted by molar-refractivity contribution is -0.116. The van der Waals surface area contributed by atoms with Crippen molar-refractivity contribution in [2.75, 3.05) is 22.2 Å². The van der Waals surface area contributed by atoms with Gasteiger partial charge in [-0.3, -0.25) is 14.4 Å². The van der Waals surface area contributed by atoms with E-state index in [0.29, 0.717) is 29.2 Å². The normalized spacial score (nSPS) is 17.6. The molecule has 3 amide bonds. The first-order valence-electron chi connectivity index (χ1n) is 20.6. The first-order chi connectivity index (χ1) is 28.3. The summed E-state index contributed by atoms with van der Waals surface area (Å²) < 4.78 is 18.8. The highest BCUT2D eigenvalue weighted by Crippen LogP contribution is 2.42. The summed E-state index contributed by atoms with van der Waals surface area (Å²) in [7, 11) is 1.59. The van der Waals surface area contributed by atoms with Crippen LogP contribution in [0, 0.1) is 6.92 Å². The van der Waals surface area contributed by atoms with E-state index >= 15 is 0 Å². The Hall–Kier alpha value is -6.09. The molecular formula is C49H49N3O6.